The van der Waals surface area contributed by atoms with Crippen LogP contribution in [0.3, 0.4) is 0 Å². The molecule has 0 bridgehead atoms. The summed E-state index contributed by atoms with van der Waals surface area (Å²) in [6.07, 6.45) is -1.17. The highest BCUT2D eigenvalue weighted by molar-refractivity contribution is 7.12. The molecular formula is C12H9ClF2OS. The van der Waals surface area contributed by atoms with Crippen molar-refractivity contribution < 1.29 is 13.9 Å². The zero-order valence-corrected chi connectivity index (χ0v) is 10.4. The van der Waals surface area contributed by atoms with Crippen molar-refractivity contribution in [1.29, 1.82) is 0 Å². The lowest BCUT2D eigenvalue weighted by Gasteiger charge is -2.10. The SMILES string of the molecule is Cc1ccc(C(O)c2cc(F)c(Cl)cc2F)s1. The standard InChI is InChI=1S/C12H9ClF2OS/c1-6-2-3-11(17-6)12(16)7-4-10(15)8(13)5-9(7)14/h2-5,12,16H,1H3. The van der Waals surface area contributed by atoms with Gasteiger partial charge in [0, 0.05) is 15.3 Å². The van der Waals surface area contributed by atoms with E-state index >= 15 is 0 Å². The van der Waals surface area contributed by atoms with Gasteiger partial charge in [-0.15, -0.1) is 11.3 Å². The molecule has 0 aliphatic carbocycles. The number of aryl methyl sites for hydroxylation is 1. The molecule has 0 saturated heterocycles. The molecule has 5 heteroatoms. The molecule has 2 aromatic rings. The highest BCUT2D eigenvalue weighted by Crippen LogP contribution is 2.31. The van der Waals surface area contributed by atoms with E-state index < -0.39 is 17.7 Å². The fraction of sp³-hybridized carbons (Fsp3) is 0.167. The van der Waals surface area contributed by atoms with Crippen LogP contribution in [0.2, 0.25) is 5.02 Å². The smallest absolute Gasteiger partial charge is 0.142 e. The van der Waals surface area contributed by atoms with Crippen molar-refractivity contribution in [2.24, 2.45) is 0 Å². The number of thiophene rings is 1. The topological polar surface area (TPSA) is 20.2 Å². The van der Waals surface area contributed by atoms with Crippen LogP contribution in [0.5, 0.6) is 0 Å². The lowest BCUT2D eigenvalue weighted by atomic mass is 10.1. The van der Waals surface area contributed by atoms with Gasteiger partial charge in [0.1, 0.15) is 17.7 Å². The van der Waals surface area contributed by atoms with Crippen molar-refractivity contribution in [3.05, 3.63) is 56.2 Å². The lowest BCUT2D eigenvalue weighted by molar-refractivity contribution is 0.218. The van der Waals surface area contributed by atoms with E-state index in [2.05, 4.69) is 0 Å². The first-order valence-corrected chi connectivity index (χ1v) is 6.07. The van der Waals surface area contributed by atoms with E-state index in [1.54, 1.807) is 6.07 Å². The number of benzene rings is 1. The molecule has 1 N–H and O–H groups in total. The van der Waals surface area contributed by atoms with Gasteiger partial charge in [0.25, 0.3) is 0 Å². The minimum atomic E-state index is -1.17. The molecule has 1 atom stereocenters. The molecule has 17 heavy (non-hydrogen) atoms. The molecule has 0 aliphatic rings. The van der Waals surface area contributed by atoms with E-state index in [0.29, 0.717) is 4.88 Å². The third kappa shape index (κ3) is 2.49. The molecule has 1 nitrogen and oxygen atoms in total. The maximum absolute atomic E-state index is 13.6. The van der Waals surface area contributed by atoms with Crippen molar-refractivity contribution in [2.75, 3.05) is 0 Å². The first-order valence-electron chi connectivity index (χ1n) is 4.88. The third-order valence-electron chi connectivity index (χ3n) is 2.36. The summed E-state index contributed by atoms with van der Waals surface area (Å²) < 4.78 is 26.8. The molecule has 1 aromatic carbocycles. The summed E-state index contributed by atoms with van der Waals surface area (Å²) in [4.78, 5) is 1.57. The van der Waals surface area contributed by atoms with E-state index in [4.69, 9.17) is 11.6 Å². The van der Waals surface area contributed by atoms with Crippen LogP contribution in [0.25, 0.3) is 0 Å². The van der Waals surface area contributed by atoms with E-state index in [1.165, 1.54) is 11.3 Å². The summed E-state index contributed by atoms with van der Waals surface area (Å²) in [5.74, 6) is -1.45. The molecule has 1 heterocycles. The summed E-state index contributed by atoms with van der Waals surface area (Å²) in [5.41, 5.74) is -0.103. The fourth-order valence-electron chi connectivity index (χ4n) is 1.50. The Morgan fingerprint density at radius 1 is 1.24 bits per heavy atom. The summed E-state index contributed by atoms with van der Waals surface area (Å²) in [7, 11) is 0. The summed E-state index contributed by atoms with van der Waals surface area (Å²) in [6.45, 7) is 1.87. The van der Waals surface area contributed by atoms with Crippen LogP contribution in [0.15, 0.2) is 24.3 Å². The zero-order chi connectivity index (χ0) is 12.6. The van der Waals surface area contributed by atoms with Crippen molar-refractivity contribution in [3.63, 3.8) is 0 Å². The number of rotatable bonds is 2. The van der Waals surface area contributed by atoms with Gasteiger partial charge in [0.15, 0.2) is 0 Å². The molecule has 0 radical (unpaired) electrons. The van der Waals surface area contributed by atoms with Gasteiger partial charge in [-0.25, -0.2) is 8.78 Å². The molecule has 1 aromatic heterocycles. The predicted molar refractivity (Wildman–Crippen MR) is 64.5 cm³/mol. The van der Waals surface area contributed by atoms with Crippen LogP contribution in [0, 0.1) is 18.6 Å². The minimum absolute atomic E-state index is 0.103. The normalized spacial score (nSPS) is 12.8. The highest BCUT2D eigenvalue weighted by Gasteiger charge is 2.19. The van der Waals surface area contributed by atoms with E-state index in [-0.39, 0.29) is 10.6 Å². The number of hydrogen-bond donors (Lipinski definition) is 1. The zero-order valence-electron chi connectivity index (χ0n) is 8.88. The van der Waals surface area contributed by atoms with Gasteiger partial charge >= 0.3 is 0 Å². The quantitative estimate of drug-likeness (QED) is 0.819. The molecule has 2 rings (SSSR count). The Kier molecular flexibility index (Phi) is 3.47. The predicted octanol–water partition coefficient (Wildman–Crippen LogP) is 4.07. The van der Waals surface area contributed by atoms with Crippen molar-refractivity contribution in [1.82, 2.24) is 0 Å². The average molecular weight is 275 g/mol. The molecule has 90 valence electrons. The Morgan fingerprint density at radius 3 is 2.53 bits per heavy atom. The number of halogens is 3. The van der Waals surface area contributed by atoms with Crippen LogP contribution in [0.1, 0.15) is 21.4 Å². The maximum Gasteiger partial charge on any atom is 0.142 e. The minimum Gasteiger partial charge on any atom is -0.383 e. The maximum atomic E-state index is 13.6. The van der Waals surface area contributed by atoms with Crippen LogP contribution < -0.4 is 0 Å². The lowest BCUT2D eigenvalue weighted by Crippen LogP contribution is -2.01. The molecule has 0 spiro atoms. The van der Waals surface area contributed by atoms with E-state index in [9.17, 15) is 13.9 Å². The molecule has 0 saturated carbocycles. The van der Waals surface area contributed by atoms with Crippen LogP contribution >= 0.6 is 22.9 Å². The summed E-state index contributed by atoms with van der Waals surface area (Å²) in [6, 6.07) is 5.30. The largest absolute Gasteiger partial charge is 0.383 e. The second-order valence-corrected chi connectivity index (χ2v) is 5.37. The van der Waals surface area contributed by atoms with Crippen molar-refractivity contribution >= 4 is 22.9 Å². The van der Waals surface area contributed by atoms with Crippen molar-refractivity contribution in [2.45, 2.75) is 13.0 Å². The van der Waals surface area contributed by atoms with Crippen LogP contribution in [0.4, 0.5) is 8.78 Å². The summed E-state index contributed by atoms with van der Waals surface area (Å²) >= 11 is 6.78. The van der Waals surface area contributed by atoms with Gasteiger partial charge in [0.05, 0.1) is 5.02 Å². The van der Waals surface area contributed by atoms with Crippen LogP contribution in [-0.4, -0.2) is 5.11 Å². The van der Waals surface area contributed by atoms with Gasteiger partial charge in [-0.2, -0.15) is 0 Å². The Hall–Kier alpha value is -0.970. The molecular weight excluding hydrogens is 266 g/mol. The van der Waals surface area contributed by atoms with Gasteiger partial charge in [-0.05, 0) is 31.2 Å². The number of hydrogen-bond acceptors (Lipinski definition) is 2. The fourth-order valence-corrected chi connectivity index (χ4v) is 2.53. The second-order valence-electron chi connectivity index (χ2n) is 3.64. The van der Waals surface area contributed by atoms with Gasteiger partial charge in [0.2, 0.25) is 0 Å². The molecule has 0 amide bonds. The number of aliphatic hydroxyl groups excluding tert-OH is 1. The van der Waals surface area contributed by atoms with Crippen LogP contribution in [-0.2, 0) is 0 Å². The second kappa shape index (κ2) is 4.72. The average Bonchev–Trinajstić information content (AvgIpc) is 2.69. The Morgan fingerprint density at radius 2 is 1.94 bits per heavy atom. The Labute approximate surface area is 106 Å². The molecule has 1 unspecified atom stereocenters. The summed E-state index contributed by atoms with van der Waals surface area (Å²) in [5, 5.41) is 9.67. The monoisotopic (exact) mass is 274 g/mol. The van der Waals surface area contributed by atoms with Gasteiger partial charge < -0.3 is 5.11 Å². The number of aliphatic hydroxyl groups is 1. The van der Waals surface area contributed by atoms with Crippen molar-refractivity contribution in [3.8, 4) is 0 Å². The molecule has 0 fully saturated rings. The Bertz CT molecular complexity index is 553. The Balaban J connectivity index is 2.43. The first kappa shape index (κ1) is 12.5. The molecule has 0 aliphatic heterocycles. The van der Waals surface area contributed by atoms with E-state index in [0.717, 1.165) is 17.0 Å². The third-order valence-corrected chi connectivity index (χ3v) is 3.71. The van der Waals surface area contributed by atoms with Gasteiger partial charge in [-0.3, -0.25) is 0 Å². The van der Waals surface area contributed by atoms with E-state index in [1.807, 2.05) is 13.0 Å². The first-order chi connectivity index (χ1) is 7.99. The van der Waals surface area contributed by atoms with Gasteiger partial charge in [-0.1, -0.05) is 11.6 Å². The highest BCUT2D eigenvalue weighted by atomic mass is 35.5.